The van der Waals surface area contributed by atoms with Gasteiger partial charge in [-0.05, 0) is 13.8 Å². The molecule has 2 aromatic rings. The first-order chi connectivity index (χ1) is 9.86. The van der Waals surface area contributed by atoms with Gasteiger partial charge in [0.15, 0.2) is 10.2 Å². The molecular formula is C13H18N4O2S2. The van der Waals surface area contributed by atoms with Gasteiger partial charge in [0.1, 0.15) is 0 Å². The summed E-state index contributed by atoms with van der Waals surface area (Å²) in [5, 5.41) is 3.97. The van der Waals surface area contributed by atoms with Gasteiger partial charge in [0, 0.05) is 10.8 Å². The molecule has 114 valence electrons. The Labute approximate surface area is 131 Å². The van der Waals surface area contributed by atoms with Crippen molar-refractivity contribution < 1.29 is 9.32 Å². The summed E-state index contributed by atoms with van der Waals surface area (Å²) in [6.07, 6.45) is 0.233. The number of carbonyl (C=O) groups excluding carboxylic acids is 1. The fourth-order valence-corrected chi connectivity index (χ4v) is 4.04. The maximum Gasteiger partial charge on any atom is 0.239 e. The molecule has 2 aromatic heterocycles. The van der Waals surface area contributed by atoms with Crippen LogP contribution in [-0.4, -0.2) is 21.0 Å². The van der Waals surface area contributed by atoms with E-state index in [0.29, 0.717) is 11.7 Å². The molecule has 0 aromatic carbocycles. The van der Waals surface area contributed by atoms with Crippen molar-refractivity contribution in [2.75, 3.05) is 0 Å². The van der Waals surface area contributed by atoms with Crippen molar-refractivity contribution in [2.24, 2.45) is 5.73 Å². The number of thioether (sulfide) groups is 1. The van der Waals surface area contributed by atoms with Crippen molar-refractivity contribution in [3.8, 4) is 0 Å². The molecule has 0 aliphatic rings. The van der Waals surface area contributed by atoms with Crippen LogP contribution >= 0.6 is 23.1 Å². The first-order valence-corrected chi connectivity index (χ1v) is 8.31. The number of aryl methyl sites for hydroxylation is 1. The van der Waals surface area contributed by atoms with Gasteiger partial charge in [0.25, 0.3) is 0 Å². The molecule has 1 amide bonds. The molecule has 0 saturated carbocycles. The lowest BCUT2D eigenvalue weighted by molar-refractivity contribution is -0.117. The number of aromatic nitrogens is 3. The van der Waals surface area contributed by atoms with E-state index < -0.39 is 0 Å². The zero-order valence-corrected chi connectivity index (χ0v) is 14.0. The van der Waals surface area contributed by atoms with Crippen LogP contribution in [0.15, 0.2) is 8.86 Å². The maximum absolute atomic E-state index is 11.0. The number of carbonyl (C=O) groups is 1. The number of amides is 1. The standard InChI is InChI=1S/C13H18N4O2S2/c1-6(2)11-16-12(19-17-11)8(4)20-13-15-7(3)9(21-13)5-10(14)18/h6,8H,5H2,1-4H3,(H2,14,18)/t8-/m0/s1. The van der Waals surface area contributed by atoms with E-state index in [1.807, 2.05) is 27.7 Å². The maximum atomic E-state index is 11.0. The van der Waals surface area contributed by atoms with Crippen LogP contribution in [0.2, 0.25) is 0 Å². The van der Waals surface area contributed by atoms with E-state index in [4.69, 9.17) is 10.3 Å². The third-order valence-corrected chi connectivity index (χ3v) is 5.15. The predicted molar refractivity (Wildman–Crippen MR) is 82.4 cm³/mol. The minimum absolute atomic E-state index is 0.0111. The van der Waals surface area contributed by atoms with E-state index in [1.165, 1.54) is 11.3 Å². The summed E-state index contributed by atoms with van der Waals surface area (Å²) >= 11 is 3.03. The quantitative estimate of drug-likeness (QED) is 0.820. The first kappa shape index (κ1) is 16.0. The van der Waals surface area contributed by atoms with Gasteiger partial charge in [0.05, 0.1) is 17.4 Å². The highest BCUT2D eigenvalue weighted by Gasteiger charge is 2.19. The molecule has 8 heteroatoms. The molecule has 0 bridgehead atoms. The summed E-state index contributed by atoms with van der Waals surface area (Å²) in [4.78, 5) is 20.8. The third-order valence-electron chi connectivity index (χ3n) is 2.81. The van der Waals surface area contributed by atoms with Gasteiger partial charge in [0.2, 0.25) is 11.8 Å². The van der Waals surface area contributed by atoms with Gasteiger partial charge in [-0.25, -0.2) is 4.98 Å². The average Bonchev–Trinajstić information content (AvgIpc) is 2.97. The summed E-state index contributed by atoms with van der Waals surface area (Å²) in [5.74, 6) is 1.20. The average molecular weight is 326 g/mol. The summed E-state index contributed by atoms with van der Waals surface area (Å²) in [6.45, 7) is 7.92. The lowest BCUT2D eigenvalue weighted by Crippen LogP contribution is -2.13. The van der Waals surface area contributed by atoms with Crippen LogP contribution in [0, 0.1) is 6.92 Å². The van der Waals surface area contributed by atoms with Crippen LogP contribution in [0.5, 0.6) is 0 Å². The van der Waals surface area contributed by atoms with Crippen LogP contribution < -0.4 is 5.73 Å². The van der Waals surface area contributed by atoms with Crippen molar-refractivity contribution in [2.45, 2.75) is 49.6 Å². The van der Waals surface area contributed by atoms with Crippen LogP contribution in [-0.2, 0) is 11.2 Å². The van der Waals surface area contributed by atoms with Crippen LogP contribution in [0.25, 0.3) is 0 Å². The summed E-state index contributed by atoms with van der Waals surface area (Å²) in [5.41, 5.74) is 6.07. The smallest absolute Gasteiger partial charge is 0.239 e. The van der Waals surface area contributed by atoms with E-state index in [2.05, 4.69) is 15.1 Å². The van der Waals surface area contributed by atoms with Crippen molar-refractivity contribution in [3.05, 3.63) is 22.3 Å². The van der Waals surface area contributed by atoms with Crippen molar-refractivity contribution in [3.63, 3.8) is 0 Å². The number of primary amides is 1. The van der Waals surface area contributed by atoms with Crippen LogP contribution in [0.4, 0.5) is 0 Å². The molecule has 0 radical (unpaired) electrons. The Morgan fingerprint density at radius 3 is 2.67 bits per heavy atom. The Bertz CT molecular complexity index is 636. The highest BCUT2D eigenvalue weighted by Crippen LogP contribution is 2.37. The van der Waals surface area contributed by atoms with Crippen molar-refractivity contribution in [1.82, 2.24) is 15.1 Å². The van der Waals surface area contributed by atoms with Gasteiger partial charge >= 0.3 is 0 Å². The summed E-state index contributed by atoms with van der Waals surface area (Å²) in [6, 6.07) is 0. The Morgan fingerprint density at radius 2 is 2.10 bits per heavy atom. The van der Waals surface area contributed by atoms with E-state index in [0.717, 1.165) is 14.9 Å². The second-order valence-corrected chi connectivity index (χ2v) is 7.71. The van der Waals surface area contributed by atoms with Gasteiger partial charge in [-0.3, -0.25) is 4.79 Å². The van der Waals surface area contributed by atoms with E-state index >= 15 is 0 Å². The normalized spacial score (nSPS) is 12.8. The van der Waals surface area contributed by atoms with Crippen molar-refractivity contribution in [1.29, 1.82) is 0 Å². The second-order valence-electron chi connectivity index (χ2n) is 5.04. The van der Waals surface area contributed by atoms with Gasteiger partial charge < -0.3 is 10.3 Å². The molecule has 21 heavy (non-hydrogen) atoms. The van der Waals surface area contributed by atoms with Gasteiger partial charge in [-0.15, -0.1) is 11.3 Å². The largest absolute Gasteiger partial charge is 0.369 e. The molecule has 0 unspecified atom stereocenters. The van der Waals surface area contributed by atoms with E-state index in [1.54, 1.807) is 11.8 Å². The molecule has 0 aliphatic carbocycles. The Kier molecular flexibility index (Phi) is 5.00. The lowest BCUT2D eigenvalue weighted by atomic mass is 10.2. The van der Waals surface area contributed by atoms with Gasteiger partial charge in [-0.1, -0.05) is 30.8 Å². The molecular weight excluding hydrogens is 308 g/mol. The minimum Gasteiger partial charge on any atom is -0.369 e. The lowest BCUT2D eigenvalue weighted by Gasteiger charge is -2.02. The fourth-order valence-electron chi connectivity index (χ4n) is 1.62. The van der Waals surface area contributed by atoms with Gasteiger partial charge in [-0.2, -0.15) is 4.98 Å². The highest BCUT2D eigenvalue weighted by molar-refractivity contribution is 8.01. The molecule has 0 spiro atoms. The molecule has 2 heterocycles. The van der Waals surface area contributed by atoms with E-state index in [9.17, 15) is 4.79 Å². The Morgan fingerprint density at radius 1 is 1.38 bits per heavy atom. The van der Waals surface area contributed by atoms with Crippen molar-refractivity contribution >= 4 is 29.0 Å². The van der Waals surface area contributed by atoms with E-state index in [-0.39, 0.29) is 23.5 Å². The number of nitrogens with zero attached hydrogens (tertiary/aromatic N) is 3. The molecule has 2 rings (SSSR count). The number of hydrogen-bond donors (Lipinski definition) is 1. The predicted octanol–water partition coefficient (Wildman–Crippen LogP) is 2.84. The number of thiazole rings is 1. The minimum atomic E-state index is -0.343. The SMILES string of the molecule is Cc1nc(S[C@@H](C)c2nc(C(C)C)no2)sc1CC(N)=O. The monoisotopic (exact) mass is 326 g/mol. The number of rotatable bonds is 6. The summed E-state index contributed by atoms with van der Waals surface area (Å²) in [7, 11) is 0. The van der Waals surface area contributed by atoms with Crippen LogP contribution in [0.3, 0.4) is 0 Å². The molecule has 0 fully saturated rings. The zero-order valence-electron chi connectivity index (χ0n) is 12.4. The second kappa shape index (κ2) is 6.57. The molecule has 2 N–H and O–H groups in total. The number of hydrogen-bond acceptors (Lipinski definition) is 7. The fraction of sp³-hybridized carbons (Fsp3) is 0.538. The zero-order chi connectivity index (χ0) is 15.6. The first-order valence-electron chi connectivity index (χ1n) is 6.61. The van der Waals surface area contributed by atoms with Crippen LogP contribution in [0.1, 0.15) is 54.2 Å². The molecule has 0 aliphatic heterocycles. The third kappa shape index (κ3) is 4.04. The Hall–Kier alpha value is -1.41. The topological polar surface area (TPSA) is 94.9 Å². The summed E-state index contributed by atoms with van der Waals surface area (Å²) < 4.78 is 6.16. The Balaban J connectivity index is 2.08. The molecule has 1 atom stereocenters. The number of nitrogens with two attached hydrogens (primary N) is 1. The molecule has 6 nitrogen and oxygen atoms in total. The molecule has 0 saturated heterocycles. The highest BCUT2D eigenvalue weighted by atomic mass is 32.2.